The van der Waals surface area contributed by atoms with Crippen LogP contribution in [0.5, 0.6) is 5.75 Å². The van der Waals surface area contributed by atoms with Crippen LogP contribution in [0.25, 0.3) is 11.3 Å². The van der Waals surface area contributed by atoms with Crippen molar-refractivity contribution in [1.82, 2.24) is 28.9 Å². The first kappa shape index (κ1) is 37.9. The summed E-state index contributed by atoms with van der Waals surface area (Å²) in [6.07, 6.45) is -10.2. The number of hydrogen-bond acceptors (Lipinski definition) is 7. The first-order chi connectivity index (χ1) is 22.5. The largest absolute Gasteiger partial charge is 0.496 e. The summed E-state index contributed by atoms with van der Waals surface area (Å²) in [6, 6.07) is 6.73. The number of hydrogen-bond donors (Lipinski definition) is 0. The normalized spacial score (nSPS) is 15.1. The summed E-state index contributed by atoms with van der Waals surface area (Å²) >= 11 is 3.02. The van der Waals surface area contributed by atoms with Gasteiger partial charge in [0.15, 0.2) is 0 Å². The van der Waals surface area contributed by atoms with Crippen LogP contribution >= 0.6 is 15.9 Å². The SMILES string of the molecule is CC(C)(C)OC(=O)N1CCn2c(C(F)(F)F)nc(Br)c2C1.COc1ccccc1-c1nc(C(F)(F)F)n2c1CN(C(=O)OC(C)(C)C)CC2. The summed E-state index contributed by atoms with van der Waals surface area (Å²) in [7, 11) is 1.44. The number of methoxy groups -OCH3 is 1. The van der Waals surface area contributed by atoms with Crippen molar-refractivity contribution in [3.63, 3.8) is 0 Å². The van der Waals surface area contributed by atoms with Gasteiger partial charge < -0.3 is 33.1 Å². The van der Waals surface area contributed by atoms with Crippen LogP contribution in [0.15, 0.2) is 28.9 Å². The van der Waals surface area contributed by atoms with Gasteiger partial charge in [-0.2, -0.15) is 26.3 Å². The quantitative estimate of drug-likeness (QED) is 0.246. The molecule has 2 aromatic heterocycles. The summed E-state index contributed by atoms with van der Waals surface area (Å²) < 4.78 is 97.4. The van der Waals surface area contributed by atoms with Gasteiger partial charge in [0.05, 0.1) is 37.3 Å². The second-order valence-electron chi connectivity index (χ2n) is 13.2. The molecule has 2 aliphatic heterocycles. The minimum atomic E-state index is -4.61. The molecule has 270 valence electrons. The number of amides is 2. The van der Waals surface area contributed by atoms with E-state index >= 15 is 0 Å². The molecule has 1 aromatic carbocycles. The number of imidazole rings is 2. The number of rotatable bonds is 2. The highest BCUT2D eigenvalue weighted by atomic mass is 79.9. The molecule has 2 amide bonds. The van der Waals surface area contributed by atoms with Crippen molar-refractivity contribution in [3.8, 4) is 17.0 Å². The van der Waals surface area contributed by atoms with E-state index in [9.17, 15) is 35.9 Å². The topological polar surface area (TPSA) is 104 Å². The molecule has 0 saturated heterocycles. The number of carbonyl (C=O) groups excluding carboxylic acids is 2. The third kappa shape index (κ3) is 8.99. The Morgan fingerprint density at radius 2 is 1.16 bits per heavy atom. The van der Waals surface area contributed by atoms with Crippen molar-refractivity contribution in [2.24, 2.45) is 0 Å². The Balaban J connectivity index is 0.000000230. The van der Waals surface area contributed by atoms with Crippen molar-refractivity contribution < 1.29 is 50.1 Å². The van der Waals surface area contributed by atoms with E-state index in [4.69, 9.17) is 14.2 Å². The average Bonchev–Trinajstić information content (AvgIpc) is 3.53. The fourth-order valence-corrected chi connectivity index (χ4v) is 5.66. The maximum atomic E-state index is 13.5. The van der Waals surface area contributed by atoms with Gasteiger partial charge in [0.1, 0.15) is 21.6 Å². The third-order valence-corrected chi connectivity index (χ3v) is 7.77. The van der Waals surface area contributed by atoms with Gasteiger partial charge in [-0.1, -0.05) is 12.1 Å². The van der Waals surface area contributed by atoms with Crippen LogP contribution < -0.4 is 4.74 Å². The van der Waals surface area contributed by atoms with Crippen molar-refractivity contribution in [3.05, 3.63) is 51.9 Å². The van der Waals surface area contributed by atoms with Gasteiger partial charge in [-0.15, -0.1) is 0 Å². The Hall–Kier alpha value is -3.96. The molecular formula is C31H37BrF6N6O5. The van der Waals surface area contributed by atoms with Crippen molar-refractivity contribution in [2.45, 2.75) is 91.3 Å². The molecule has 0 unspecified atom stereocenters. The van der Waals surface area contributed by atoms with E-state index in [1.807, 2.05) is 0 Å². The molecule has 0 aliphatic carbocycles. The van der Waals surface area contributed by atoms with E-state index in [-0.39, 0.29) is 49.6 Å². The smallest absolute Gasteiger partial charge is 0.449 e. The van der Waals surface area contributed by atoms with Crippen LogP contribution in [-0.2, 0) is 48.0 Å². The molecule has 2 aliphatic rings. The zero-order valence-corrected chi connectivity index (χ0v) is 29.5. The molecule has 0 saturated carbocycles. The second-order valence-corrected chi connectivity index (χ2v) is 14.0. The zero-order chi connectivity index (χ0) is 36.7. The molecule has 18 heteroatoms. The lowest BCUT2D eigenvalue weighted by atomic mass is 10.1. The maximum Gasteiger partial charge on any atom is 0.449 e. The fraction of sp³-hybridized carbons (Fsp3) is 0.548. The number of aromatic nitrogens is 4. The molecule has 49 heavy (non-hydrogen) atoms. The van der Waals surface area contributed by atoms with Crippen LogP contribution in [0.3, 0.4) is 0 Å². The number of nitrogens with zero attached hydrogens (tertiary/aromatic N) is 6. The number of benzene rings is 1. The Kier molecular flexibility index (Phi) is 10.6. The lowest BCUT2D eigenvalue weighted by Gasteiger charge is -2.31. The molecule has 0 atom stereocenters. The van der Waals surface area contributed by atoms with Crippen LogP contribution in [0.4, 0.5) is 35.9 Å². The number of halogens is 7. The van der Waals surface area contributed by atoms with Gasteiger partial charge in [0.2, 0.25) is 11.6 Å². The Morgan fingerprint density at radius 1 is 0.714 bits per heavy atom. The summed E-state index contributed by atoms with van der Waals surface area (Å²) in [5.74, 6) is -1.52. The van der Waals surface area contributed by atoms with E-state index in [1.54, 1.807) is 65.8 Å². The van der Waals surface area contributed by atoms with Crippen LogP contribution in [0, 0.1) is 0 Å². The first-order valence-electron chi connectivity index (χ1n) is 15.1. The van der Waals surface area contributed by atoms with Crippen molar-refractivity contribution in [1.29, 1.82) is 0 Å². The summed E-state index contributed by atoms with van der Waals surface area (Å²) in [5, 5.41) is 0. The van der Waals surface area contributed by atoms with Gasteiger partial charge >= 0.3 is 24.5 Å². The van der Waals surface area contributed by atoms with E-state index in [2.05, 4.69) is 25.9 Å². The van der Waals surface area contributed by atoms with Gasteiger partial charge in [-0.25, -0.2) is 19.6 Å². The Morgan fingerprint density at radius 3 is 1.63 bits per heavy atom. The number of para-hydroxylation sites is 1. The average molecular weight is 768 g/mol. The predicted molar refractivity (Wildman–Crippen MR) is 167 cm³/mol. The van der Waals surface area contributed by atoms with E-state index in [0.29, 0.717) is 22.7 Å². The molecule has 11 nitrogen and oxygen atoms in total. The van der Waals surface area contributed by atoms with Gasteiger partial charge in [-0.05, 0) is 69.6 Å². The molecule has 3 aromatic rings. The number of ether oxygens (including phenoxy) is 3. The van der Waals surface area contributed by atoms with E-state index < -0.39 is 47.4 Å². The van der Waals surface area contributed by atoms with E-state index in [1.165, 1.54) is 16.9 Å². The highest BCUT2D eigenvalue weighted by Crippen LogP contribution is 2.39. The predicted octanol–water partition coefficient (Wildman–Crippen LogP) is 7.74. The molecule has 4 heterocycles. The number of alkyl halides is 6. The van der Waals surface area contributed by atoms with Gasteiger partial charge in [0.25, 0.3) is 0 Å². The number of fused-ring (bicyclic) bond motifs is 2. The zero-order valence-electron chi connectivity index (χ0n) is 27.9. The van der Waals surface area contributed by atoms with E-state index in [0.717, 1.165) is 9.13 Å². The minimum Gasteiger partial charge on any atom is -0.496 e. The lowest BCUT2D eigenvalue weighted by molar-refractivity contribution is -0.148. The Labute approximate surface area is 287 Å². The first-order valence-corrected chi connectivity index (χ1v) is 15.9. The van der Waals surface area contributed by atoms with Crippen molar-refractivity contribution >= 4 is 28.1 Å². The molecule has 0 fully saturated rings. The molecule has 0 radical (unpaired) electrons. The third-order valence-electron chi connectivity index (χ3n) is 7.14. The number of carbonyl (C=O) groups is 2. The molecule has 0 spiro atoms. The second kappa shape index (κ2) is 13.7. The maximum absolute atomic E-state index is 13.5. The molecule has 5 rings (SSSR count). The minimum absolute atomic E-state index is 0.0223. The molecule has 0 bridgehead atoms. The van der Waals surface area contributed by atoms with Gasteiger partial charge in [0, 0.05) is 31.7 Å². The fourth-order valence-electron chi connectivity index (χ4n) is 5.15. The standard InChI is InChI=1S/C19H22F3N3O3.C12H15BrF3N3O2/c1-18(2,3)28-17(26)24-9-10-25-13(11-24)15(23-16(25)19(20,21)22)12-7-5-6-8-14(12)27-4;1-11(2,3)21-10(20)18-4-5-19-7(6-18)8(13)17-9(19)12(14,15)16/h5-8H,9-11H2,1-4H3;4-6H2,1-3H3. The van der Waals surface area contributed by atoms with Crippen LogP contribution in [0.1, 0.15) is 64.6 Å². The molecular weight excluding hydrogens is 730 g/mol. The summed E-state index contributed by atoms with van der Waals surface area (Å²) in [6.45, 7) is 10.7. The Bertz CT molecular complexity index is 1690. The van der Waals surface area contributed by atoms with Crippen molar-refractivity contribution in [2.75, 3.05) is 20.2 Å². The summed E-state index contributed by atoms with van der Waals surface area (Å²) in [5.41, 5.74) is -0.137. The van der Waals surface area contributed by atoms with Crippen LogP contribution in [0.2, 0.25) is 0 Å². The lowest BCUT2D eigenvalue weighted by Crippen LogP contribution is -2.42. The van der Waals surface area contributed by atoms with Crippen LogP contribution in [-0.4, -0.2) is 72.5 Å². The molecule has 0 N–H and O–H groups in total. The monoisotopic (exact) mass is 766 g/mol. The highest BCUT2D eigenvalue weighted by Gasteiger charge is 2.42. The highest BCUT2D eigenvalue weighted by molar-refractivity contribution is 9.10. The summed E-state index contributed by atoms with van der Waals surface area (Å²) in [4.78, 5) is 34.6. The van der Waals surface area contributed by atoms with Gasteiger partial charge in [-0.3, -0.25) is 0 Å².